The molecule has 1 N–H and O–H groups in total. The van der Waals surface area contributed by atoms with Crippen LogP contribution < -0.4 is 5.32 Å². The largest absolute Gasteiger partial charge is 0.342 e. The number of hydrogen-bond donors (Lipinski definition) is 1. The first-order valence-corrected chi connectivity index (χ1v) is 11.3. The molecule has 2 heterocycles. The maximum atomic E-state index is 13.2. The fourth-order valence-electron chi connectivity index (χ4n) is 5.15. The second-order valence-electron chi connectivity index (χ2n) is 8.92. The molecule has 0 aliphatic carbocycles. The molecule has 0 bridgehead atoms. The van der Waals surface area contributed by atoms with Crippen molar-refractivity contribution in [1.82, 2.24) is 10.2 Å². The third kappa shape index (κ3) is 5.08. The Morgan fingerprint density at radius 1 is 1.03 bits per heavy atom. The van der Waals surface area contributed by atoms with Gasteiger partial charge in [-0.25, -0.2) is 0 Å². The van der Waals surface area contributed by atoms with Crippen molar-refractivity contribution in [2.75, 3.05) is 26.2 Å². The third-order valence-corrected chi connectivity index (χ3v) is 6.86. The lowest BCUT2D eigenvalue weighted by Crippen LogP contribution is -2.43. The van der Waals surface area contributed by atoms with Gasteiger partial charge in [0.1, 0.15) is 0 Å². The zero-order valence-electron chi connectivity index (χ0n) is 17.6. The van der Waals surface area contributed by atoms with E-state index < -0.39 is 0 Å². The summed E-state index contributed by atoms with van der Waals surface area (Å²) in [5.41, 5.74) is 4.18. The molecule has 3 nitrogen and oxygen atoms in total. The normalized spacial score (nSPS) is 22.7. The molecule has 1 amide bonds. The molecule has 2 aromatic carbocycles. The van der Waals surface area contributed by atoms with Crippen LogP contribution in [0.3, 0.4) is 0 Å². The van der Waals surface area contributed by atoms with Gasteiger partial charge in [-0.15, -0.1) is 0 Å². The Balaban J connectivity index is 1.27. The highest BCUT2D eigenvalue weighted by molar-refractivity contribution is 5.80. The molecule has 2 aromatic rings. The van der Waals surface area contributed by atoms with Gasteiger partial charge in [-0.05, 0) is 68.5 Å². The summed E-state index contributed by atoms with van der Waals surface area (Å²) >= 11 is 0. The minimum Gasteiger partial charge on any atom is -0.342 e. The first-order chi connectivity index (χ1) is 14.2. The molecular weight excluding hydrogens is 356 g/mol. The molecule has 4 rings (SSSR count). The first-order valence-electron chi connectivity index (χ1n) is 11.3. The fraction of sp³-hybridized carbons (Fsp3) is 0.500. The topological polar surface area (TPSA) is 32.3 Å². The van der Waals surface area contributed by atoms with E-state index in [0.717, 1.165) is 58.3 Å². The molecule has 0 spiro atoms. The number of nitrogens with zero attached hydrogens (tertiary/aromatic N) is 1. The Kier molecular flexibility index (Phi) is 6.66. The van der Waals surface area contributed by atoms with Crippen molar-refractivity contribution in [3.05, 3.63) is 71.3 Å². The Morgan fingerprint density at radius 3 is 2.59 bits per heavy atom. The Hall–Kier alpha value is -2.13. The van der Waals surface area contributed by atoms with Crippen LogP contribution in [0.25, 0.3) is 0 Å². The lowest BCUT2D eigenvalue weighted by atomic mass is 9.86. The second kappa shape index (κ2) is 9.58. The number of rotatable bonds is 6. The maximum absolute atomic E-state index is 13.2. The van der Waals surface area contributed by atoms with E-state index in [4.69, 9.17) is 0 Å². The summed E-state index contributed by atoms with van der Waals surface area (Å²) in [6.07, 6.45) is 5.59. The monoisotopic (exact) mass is 390 g/mol. The van der Waals surface area contributed by atoms with Crippen molar-refractivity contribution >= 4 is 5.91 Å². The summed E-state index contributed by atoms with van der Waals surface area (Å²) in [4.78, 5) is 15.4. The van der Waals surface area contributed by atoms with Crippen LogP contribution >= 0.6 is 0 Å². The van der Waals surface area contributed by atoms with Crippen LogP contribution in [0.2, 0.25) is 0 Å². The van der Waals surface area contributed by atoms with Gasteiger partial charge in [-0.2, -0.15) is 0 Å². The van der Waals surface area contributed by atoms with E-state index in [2.05, 4.69) is 71.7 Å². The number of aryl methyl sites for hydroxylation is 2. The lowest BCUT2D eigenvalue weighted by molar-refractivity contribution is -0.137. The van der Waals surface area contributed by atoms with E-state index in [-0.39, 0.29) is 5.92 Å². The molecule has 29 heavy (non-hydrogen) atoms. The molecule has 2 fully saturated rings. The van der Waals surface area contributed by atoms with Gasteiger partial charge in [0.2, 0.25) is 5.91 Å². The fourth-order valence-corrected chi connectivity index (χ4v) is 5.15. The summed E-state index contributed by atoms with van der Waals surface area (Å²) in [5.74, 6) is 1.65. The van der Waals surface area contributed by atoms with Crippen molar-refractivity contribution in [3.63, 3.8) is 0 Å². The molecule has 0 aromatic heterocycles. The highest BCUT2D eigenvalue weighted by atomic mass is 16.2. The van der Waals surface area contributed by atoms with Crippen LogP contribution in [0.1, 0.15) is 48.3 Å². The van der Waals surface area contributed by atoms with Crippen molar-refractivity contribution in [2.45, 2.75) is 44.9 Å². The van der Waals surface area contributed by atoms with Crippen molar-refractivity contribution in [2.24, 2.45) is 11.8 Å². The number of carbonyl (C=O) groups excluding carboxylic acids is 1. The standard InChI is InChI=1S/C26H34N2O/c1-20-7-5-8-21(17-20)9-6-12-24-18-27-19-25(24)26(29)28-15-13-23(14-16-28)22-10-3-2-4-11-22/h2-5,7-8,10-11,17,23-25,27H,6,9,12-16,18-19H2,1H3/t24?,25-/m1/s1. The van der Waals surface area contributed by atoms with Crippen molar-refractivity contribution < 1.29 is 4.79 Å². The van der Waals surface area contributed by atoms with Crippen LogP contribution in [0.15, 0.2) is 54.6 Å². The summed E-state index contributed by atoms with van der Waals surface area (Å²) in [5, 5.41) is 3.49. The lowest BCUT2D eigenvalue weighted by Gasteiger charge is -2.34. The summed E-state index contributed by atoms with van der Waals surface area (Å²) in [7, 11) is 0. The number of hydrogen-bond acceptors (Lipinski definition) is 2. The van der Waals surface area contributed by atoms with Crippen LogP contribution in [0, 0.1) is 18.8 Å². The number of amides is 1. The average molecular weight is 391 g/mol. The number of likely N-dealkylation sites (tertiary alicyclic amines) is 1. The van der Waals surface area contributed by atoms with E-state index >= 15 is 0 Å². The van der Waals surface area contributed by atoms with Gasteiger partial charge in [0.05, 0.1) is 5.92 Å². The zero-order chi connectivity index (χ0) is 20.1. The number of benzene rings is 2. The molecule has 2 saturated heterocycles. The minimum absolute atomic E-state index is 0.167. The smallest absolute Gasteiger partial charge is 0.227 e. The van der Waals surface area contributed by atoms with Crippen LogP contribution in [0.4, 0.5) is 0 Å². The van der Waals surface area contributed by atoms with E-state index in [0.29, 0.717) is 17.7 Å². The maximum Gasteiger partial charge on any atom is 0.227 e. The van der Waals surface area contributed by atoms with Gasteiger partial charge < -0.3 is 10.2 Å². The van der Waals surface area contributed by atoms with Gasteiger partial charge in [-0.1, -0.05) is 60.2 Å². The number of piperidine rings is 1. The summed E-state index contributed by atoms with van der Waals surface area (Å²) in [6, 6.07) is 19.6. The van der Waals surface area contributed by atoms with Gasteiger partial charge in [0.25, 0.3) is 0 Å². The predicted octanol–water partition coefficient (Wildman–Crippen LogP) is 4.56. The van der Waals surface area contributed by atoms with E-state index in [1.54, 1.807) is 0 Å². The predicted molar refractivity (Wildman–Crippen MR) is 119 cm³/mol. The number of carbonyl (C=O) groups is 1. The average Bonchev–Trinajstić information content (AvgIpc) is 3.23. The number of nitrogens with one attached hydrogen (secondary N) is 1. The van der Waals surface area contributed by atoms with Crippen molar-refractivity contribution in [1.29, 1.82) is 0 Å². The van der Waals surface area contributed by atoms with Crippen LogP contribution in [0.5, 0.6) is 0 Å². The van der Waals surface area contributed by atoms with Crippen molar-refractivity contribution in [3.8, 4) is 0 Å². The summed E-state index contributed by atoms with van der Waals surface area (Å²) < 4.78 is 0. The molecule has 154 valence electrons. The van der Waals surface area contributed by atoms with E-state index in [1.165, 1.54) is 16.7 Å². The molecule has 3 heteroatoms. The van der Waals surface area contributed by atoms with Gasteiger partial charge in [0, 0.05) is 19.6 Å². The SMILES string of the molecule is Cc1cccc(CCCC2CNC[C@H]2C(=O)N2CCC(c3ccccc3)CC2)c1. The summed E-state index contributed by atoms with van der Waals surface area (Å²) in [6.45, 7) is 5.81. The van der Waals surface area contributed by atoms with Crippen LogP contribution in [-0.4, -0.2) is 37.0 Å². The highest BCUT2D eigenvalue weighted by Crippen LogP contribution is 2.31. The molecule has 0 radical (unpaired) electrons. The van der Waals surface area contributed by atoms with E-state index in [9.17, 15) is 4.79 Å². The Labute approximate surface area is 175 Å². The van der Waals surface area contributed by atoms with Crippen LogP contribution in [-0.2, 0) is 11.2 Å². The molecule has 2 aliphatic rings. The third-order valence-electron chi connectivity index (χ3n) is 6.86. The zero-order valence-corrected chi connectivity index (χ0v) is 17.6. The molecular formula is C26H34N2O. The molecule has 2 atom stereocenters. The molecule has 1 unspecified atom stereocenters. The molecule has 0 saturated carbocycles. The Bertz CT molecular complexity index is 795. The minimum atomic E-state index is 0.167. The quantitative estimate of drug-likeness (QED) is 0.784. The van der Waals surface area contributed by atoms with Gasteiger partial charge in [-0.3, -0.25) is 4.79 Å². The molecule has 2 aliphatic heterocycles. The first kappa shape index (κ1) is 20.2. The van der Waals surface area contributed by atoms with Gasteiger partial charge in [0.15, 0.2) is 0 Å². The second-order valence-corrected chi connectivity index (χ2v) is 8.92. The Morgan fingerprint density at radius 2 is 1.83 bits per heavy atom. The highest BCUT2D eigenvalue weighted by Gasteiger charge is 2.36. The van der Waals surface area contributed by atoms with E-state index in [1.807, 2.05) is 0 Å². The van der Waals surface area contributed by atoms with Gasteiger partial charge >= 0.3 is 0 Å².